The van der Waals surface area contributed by atoms with Crippen molar-refractivity contribution in [2.45, 2.75) is 12.3 Å². The van der Waals surface area contributed by atoms with E-state index in [-0.39, 0.29) is 5.69 Å². The number of para-hydroxylation sites is 1. The van der Waals surface area contributed by atoms with E-state index in [0.717, 1.165) is 0 Å². The molecule has 0 saturated carbocycles. The Kier molecular flexibility index (Phi) is 3.41. The van der Waals surface area contributed by atoms with E-state index < -0.39 is 24.8 Å². The van der Waals surface area contributed by atoms with Crippen LogP contribution in [0.1, 0.15) is 10.5 Å². The van der Waals surface area contributed by atoms with Gasteiger partial charge in [0.25, 0.3) is 5.91 Å². The van der Waals surface area contributed by atoms with Crippen molar-refractivity contribution in [2.24, 2.45) is 0 Å². The summed E-state index contributed by atoms with van der Waals surface area (Å²) >= 11 is 0. The van der Waals surface area contributed by atoms with Crippen molar-refractivity contribution in [3.05, 3.63) is 30.0 Å². The maximum atomic E-state index is 12.7. The summed E-state index contributed by atoms with van der Waals surface area (Å²) in [5.41, 5.74) is 0.439. The van der Waals surface area contributed by atoms with Crippen LogP contribution in [-0.2, 0) is 0 Å². The quantitative estimate of drug-likeness (QED) is 0.840. The van der Waals surface area contributed by atoms with E-state index >= 15 is 0 Å². The van der Waals surface area contributed by atoms with Crippen LogP contribution in [0, 0.1) is 0 Å². The highest BCUT2D eigenvalue weighted by Crippen LogP contribution is 2.22. The zero-order valence-electron chi connectivity index (χ0n) is 9.46. The zero-order chi connectivity index (χ0) is 14.0. The molecule has 0 aliphatic carbocycles. The number of H-pyrrole nitrogens is 1. The Morgan fingerprint density at radius 1 is 1.37 bits per heavy atom. The number of carbonyl (C=O) groups excluding carboxylic acids is 1. The van der Waals surface area contributed by atoms with Crippen LogP contribution >= 0.6 is 0 Å². The number of benzene rings is 1. The molecule has 102 valence electrons. The molecule has 2 N–H and O–H groups in total. The topological polar surface area (TPSA) is 57.8 Å². The van der Waals surface area contributed by atoms with Crippen LogP contribution in [0.3, 0.4) is 0 Å². The van der Waals surface area contributed by atoms with Crippen LogP contribution in [-0.4, -0.2) is 35.0 Å². The molecule has 0 bridgehead atoms. The van der Waals surface area contributed by atoms with Gasteiger partial charge in [-0.25, -0.2) is 8.78 Å². The summed E-state index contributed by atoms with van der Waals surface area (Å²) in [5.74, 6) is -5.19. The molecule has 0 spiro atoms. The van der Waals surface area contributed by atoms with Gasteiger partial charge in [0.1, 0.15) is 0 Å². The average Bonchev–Trinajstić information content (AvgIpc) is 2.79. The standard InChI is InChI=1S/C11H9F4N3O/c12-10(13)11(14,15)5-16-9(19)8-6-3-1-2-4-7(6)17-18-8/h1-4,10H,5H2,(H,16,19)(H,17,18). The number of carbonyl (C=O) groups is 1. The van der Waals surface area contributed by atoms with Gasteiger partial charge in [0.15, 0.2) is 5.69 Å². The van der Waals surface area contributed by atoms with Crippen LogP contribution in [0.2, 0.25) is 0 Å². The number of rotatable bonds is 4. The number of fused-ring (bicyclic) bond motifs is 1. The van der Waals surface area contributed by atoms with Crippen molar-refractivity contribution in [3.63, 3.8) is 0 Å². The molecule has 0 atom stereocenters. The number of aromatic nitrogens is 2. The third-order valence-electron chi connectivity index (χ3n) is 2.49. The maximum Gasteiger partial charge on any atom is 0.324 e. The molecule has 1 aromatic heterocycles. The Hall–Kier alpha value is -2.12. The summed E-state index contributed by atoms with van der Waals surface area (Å²) in [6, 6.07) is 6.56. The van der Waals surface area contributed by atoms with Crippen molar-refractivity contribution < 1.29 is 22.4 Å². The Labute approximate surface area is 104 Å². The smallest absolute Gasteiger partial charge is 0.324 e. The van der Waals surface area contributed by atoms with Gasteiger partial charge in [-0.2, -0.15) is 13.9 Å². The first-order chi connectivity index (χ1) is 8.92. The highest BCUT2D eigenvalue weighted by atomic mass is 19.3. The Morgan fingerprint density at radius 3 is 2.74 bits per heavy atom. The average molecular weight is 275 g/mol. The summed E-state index contributed by atoms with van der Waals surface area (Å²) in [6.45, 7) is -1.44. The number of nitrogens with one attached hydrogen (secondary N) is 2. The molecule has 0 unspecified atom stereocenters. The second kappa shape index (κ2) is 4.87. The fourth-order valence-corrected chi connectivity index (χ4v) is 1.50. The second-order valence-electron chi connectivity index (χ2n) is 3.86. The van der Waals surface area contributed by atoms with Crippen molar-refractivity contribution in [2.75, 3.05) is 6.54 Å². The summed E-state index contributed by atoms with van der Waals surface area (Å²) in [5, 5.41) is 8.39. The highest BCUT2D eigenvalue weighted by molar-refractivity contribution is 6.04. The number of amides is 1. The molecule has 1 amide bonds. The van der Waals surface area contributed by atoms with Crippen LogP contribution in [0.25, 0.3) is 10.9 Å². The molecule has 8 heteroatoms. The van der Waals surface area contributed by atoms with E-state index in [1.807, 2.05) is 0 Å². The predicted molar refractivity (Wildman–Crippen MR) is 59.4 cm³/mol. The van der Waals surface area contributed by atoms with Crippen LogP contribution in [0.5, 0.6) is 0 Å². The van der Waals surface area contributed by atoms with E-state index in [2.05, 4.69) is 10.2 Å². The minimum absolute atomic E-state index is 0.110. The van der Waals surface area contributed by atoms with Crippen molar-refractivity contribution in [3.8, 4) is 0 Å². The minimum Gasteiger partial charge on any atom is -0.344 e. The summed E-state index contributed by atoms with van der Waals surface area (Å²) in [6.07, 6.45) is -3.83. The molecule has 2 aromatic rings. The van der Waals surface area contributed by atoms with E-state index in [1.54, 1.807) is 29.6 Å². The molecular weight excluding hydrogens is 266 g/mol. The lowest BCUT2D eigenvalue weighted by atomic mass is 10.2. The first kappa shape index (κ1) is 13.3. The molecule has 0 aliphatic heterocycles. The summed E-state index contributed by atoms with van der Waals surface area (Å²) < 4.78 is 49.2. The number of alkyl halides is 4. The number of halogens is 4. The first-order valence-electron chi connectivity index (χ1n) is 5.29. The van der Waals surface area contributed by atoms with E-state index in [0.29, 0.717) is 10.9 Å². The molecule has 0 radical (unpaired) electrons. The lowest BCUT2D eigenvalue weighted by Crippen LogP contribution is -2.41. The fourth-order valence-electron chi connectivity index (χ4n) is 1.50. The monoisotopic (exact) mass is 275 g/mol. The van der Waals surface area contributed by atoms with E-state index in [1.165, 1.54) is 0 Å². The SMILES string of the molecule is O=C(NCC(F)(F)C(F)F)c1n[nH]c2ccccc12. The molecule has 1 aromatic carbocycles. The largest absolute Gasteiger partial charge is 0.344 e. The third-order valence-corrected chi connectivity index (χ3v) is 2.49. The minimum atomic E-state index is -4.26. The van der Waals surface area contributed by atoms with E-state index in [4.69, 9.17) is 0 Å². The highest BCUT2D eigenvalue weighted by Gasteiger charge is 2.41. The predicted octanol–water partition coefficient (Wildman–Crippen LogP) is 2.19. The molecule has 2 rings (SSSR count). The third kappa shape index (κ3) is 2.67. The Balaban J connectivity index is 2.13. The van der Waals surface area contributed by atoms with Crippen molar-refractivity contribution >= 4 is 16.8 Å². The molecule has 19 heavy (non-hydrogen) atoms. The summed E-state index contributed by atoms with van der Waals surface area (Å²) in [7, 11) is 0. The van der Waals surface area contributed by atoms with Gasteiger partial charge in [-0.05, 0) is 6.07 Å². The van der Waals surface area contributed by atoms with Gasteiger partial charge in [-0.1, -0.05) is 18.2 Å². The Bertz CT molecular complexity index is 596. The number of hydrogen-bond acceptors (Lipinski definition) is 2. The molecule has 0 aliphatic rings. The van der Waals surface area contributed by atoms with Gasteiger partial charge in [0.05, 0.1) is 12.1 Å². The normalized spacial score (nSPS) is 12.1. The van der Waals surface area contributed by atoms with Crippen LogP contribution in [0.15, 0.2) is 24.3 Å². The van der Waals surface area contributed by atoms with Crippen molar-refractivity contribution in [1.82, 2.24) is 15.5 Å². The first-order valence-corrected chi connectivity index (χ1v) is 5.29. The molecule has 0 fully saturated rings. The molecule has 4 nitrogen and oxygen atoms in total. The number of nitrogens with zero attached hydrogens (tertiary/aromatic N) is 1. The number of aromatic amines is 1. The van der Waals surface area contributed by atoms with Crippen LogP contribution in [0.4, 0.5) is 17.6 Å². The van der Waals surface area contributed by atoms with Gasteiger partial charge in [0.2, 0.25) is 0 Å². The molecule has 0 saturated heterocycles. The fraction of sp³-hybridized carbons (Fsp3) is 0.273. The lowest BCUT2D eigenvalue weighted by molar-refractivity contribution is -0.123. The Morgan fingerprint density at radius 2 is 2.05 bits per heavy atom. The maximum absolute atomic E-state index is 12.7. The second-order valence-corrected chi connectivity index (χ2v) is 3.86. The van der Waals surface area contributed by atoms with Crippen LogP contribution < -0.4 is 5.32 Å². The van der Waals surface area contributed by atoms with Gasteiger partial charge < -0.3 is 5.32 Å². The summed E-state index contributed by atoms with van der Waals surface area (Å²) in [4.78, 5) is 11.6. The van der Waals surface area contributed by atoms with Gasteiger partial charge in [0, 0.05) is 5.39 Å². The van der Waals surface area contributed by atoms with Gasteiger partial charge >= 0.3 is 12.3 Å². The van der Waals surface area contributed by atoms with Gasteiger partial charge in [-0.15, -0.1) is 0 Å². The van der Waals surface area contributed by atoms with Gasteiger partial charge in [-0.3, -0.25) is 9.89 Å². The zero-order valence-corrected chi connectivity index (χ0v) is 9.46. The molecule has 1 heterocycles. The van der Waals surface area contributed by atoms with Crippen molar-refractivity contribution in [1.29, 1.82) is 0 Å². The lowest BCUT2D eigenvalue weighted by Gasteiger charge is -2.15. The number of hydrogen-bond donors (Lipinski definition) is 2. The van der Waals surface area contributed by atoms with E-state index in [9.17, 15) is 22.4 Å². The molecular formula is C11H9F4N3O.